The molecular formula is C9H6N2O. The minimum atomic E-state index is -0.260. The van der Waals surface area contributed by atoms with Gasteiger partial charge in [-0.3, -0.25) is 4.79 Å². The molecule has 3 heteroatoms. The molecule has 0 bridgehead atoms. The number of hydrogen-bond acceptors (Lipinski definition) is 3. The van der Waals surface area contributed by atoms with E-state index in [2.05, 4.69) is 9.97 Å². The largest absolute Gasteiger partial charge is 0.271 e. The predicted molar refractivity (Wildman–Crippen MR) is 45.8 cm³/mol. The first-order chi connectivity index (χ1) is 5.86. The molecule has 1 heterocycles. The van der Waals surface area contributed by atoms with Gasteiger partial charge in [-0.2, -0.15) is 4.98 Å². The summed E-state index contributed by atoms with van der Waals surface area (Å²) >= 11 is 0. The zero-order valence-corrected chi connectivity index (χ0v) is 6.27. The van der Waals surface area contributed by atoms with Crippen LogP contribution in [0.5, 0.6) is 0 Å². The Kier molecular flexibility index (Phi) is 1.55. The van der Waals surface area contributed by atoms with E-state index in [9.17, 15) is 4.79 Å². The van der Waals surface area contributed by atoms with Crippen molar-refractivity contribution in [3.05, 3.63) is 47.0 Å². The summed E-state index contributed by atoms with van der Waals surface area (Å²) in [5.74, 6) is 0. The fourth-order valence-electron chi connectivity index (χ4n) is 1.05. The van der Waals surface area contributed by atoms with Crippen LogP contribution in [0, 0.1) is 0 Å². The van der Waals surface area contributed by atoms with Crippen molar-refractivity contribution < 1.29 is 0 Å². The van der Waals surface area contributed by atoms with Crippen molar-refractivity contribution in [2.75, 3.05) is 0 Å². The lowest BCUT2D eigenvalue weighted by Gasteiger charge is -1.85. The minimum absolute atomic E-state index is 0.260. The van der Waals surface area contributed by atoms with Crippen molar-refractivity contribution in [1.29, 1.82) is 0 Å². The molecule has 0 saturated carbocycles. The molecule has 0 unspecified atom stereocenters. The Hall–Kier alpha value is -1.77. The average molecular weight is 158 g/mol. The summed E-state index contributed by atoms with van der Waals surface area (Å²) < 4.78 is 0. The molecule has 0 saturated heterocycles. The lowest BCUT2D eigenvalue weighted by molar-refractivity contribution is 1.20. The molecule has 12 heavy (non-hydrogen) atoms. The first-order valence-corrected chi connectivity index (χ1v) is 3.57. The summed E-state index contributed by atoms with van der Waals surface area (Å²) in [5, 5.41) is 0.819. The molecule has 0 aliphatic heterocycles. The molecule has 0 amide bonds. The molecule has 0 atom stereocenters. The fraction of sp³-hybridized carbons (Fsp3) is 0. The van der Waals surface area contributed by atoms with Gasteiger partial charge in [-0.25, -0.2) is 4.98 Å². The summed E-state index contributed by atoms with van der Waals surface area (Å²) in [4.78, 5) is 18.5. The van der Waals surface area contributed by atoms with Gasteiger partial charge in [0.2, 0.25) is 0 Å². The van der Waals surface area contributed by atoms with E-state index in [0.717, 1.165) is 10.9 Å². The van der Waals surface area contributed by atoms with Gasteiger partial charge < -0.3 is 0 Å². The molecule has 0 radical (unpaired) electrons. The number of fused-ring (bicyclic) bond motifs is 1. The van der Waals surface area contributed by atoms with Crippen molar-refractivity contribution in [1.82, 2.24) is 9.97 Å². The van der Waals surface area contributed by atoms with E-state index in [4.69, 9.17) is 0 Å². The van der Waals surface area contributed by atoms with Crippen LogP contribution in [0.25, 0.3) is 10.9 Å². The topological polar surface area (TPSA) is 42.9 Å². The van der Waals surface area contributed by atoms with Crippen LogP contribution in [0.15, 0.2) is 41.5 Å². The standard InChI is InChI=1S/C9H6N2O/c12-9-5-7-3-1-2-4-8(7)10-6-11-9/h1-6H. The molecule has 2 rings (SSSR count). The van der Waals surface area contributed by atoms with Gasteiger partial charge in [-0.1, -0.05) is 18.2 Å². The molecule has 0 aliphatic carbocycles. The third kappa shape index (κ3) is 1.16. The van der Waals surface area contributed by atoms with Crippen LogP contribution in [0.4, 0.5) is 0 Å². The summed E-state index contributed by atoms with van der Waals surface area (Å²) in [6.07, 6.45) is 1.28. The second-order valence-corrected chi connectivity index (χ2v) is 2.42. The summed E-state index contributed by atoms with van der Waals surface area (Å²) in [6.45, 7) is 0. The number of aromatic nitrogens is 2. The second kappa shape index (κ2) is 2.70. The zero-order valence-electron chi connectivity index (χ0n) is 6.27. The van der Waals surface area contributed by atoms with E-state index in [1.165, 1.54) is 12.4 Å². The van der Waals surface area contributed by atoms with E-state index in [0.29, 0.717) is 0 Å². The Morgan fingerprint density at radius 2 is 1.92 bits per heavy atom. The molecule has 0 N–H and O–H groups in total. The van der Waals surface area contributed by atoms with Gasteiger partial charge in [-0.05, 0) is 6.07 Å². The van der Waals surface area contributed by atoms with E-state index in [1.54, 1.807) is 0 Å². The van der Waals surface area contributed by atoms with Crippen LogP contribution in [-0.2, 0) is 0 Å². The van der Waals surface area contributed by atoms with Gasteiger partial charge >= 0.3 is 0 Å². The van der Waals surface area contributed by atoms with Crippen molar-refractivity contribution >= 4 is 10.9 Å². The van der Waals surface area contributed by atoms with Gasteiger partial charge in [0.05, 0.1) is 5.52 Å². The Morgan fingerprint density at radius 3 is 2.83 bits per heavy atom. The first kappa shape index (κ1) is 6.91. The van der Waals surface area contributed by atoms with Crippen LogP contribution in [0.1, 0.15) is 0 Å². The molecule has 3 nitrogen and oxygen atoms in total. The smallest absolute Gasteiger partial charge is 0.267 e. The van der Waals surface area contributed by atoms with Gasteiger partial charge in [0, 0.05) is 11.5 Å². The quantitative estimate of drug-likeness (QED) is 0.574. The van der Waals surface area contributed by atoms with Crippen LogP contribution in [0.2, 0.25) is 0 Å². The highest BCUT2D eigenvalue weighted by Gasteiger charge is 1.90. The second-order valence-electron chi connectivity index (χ2n) is 2.42. The maximum absolute atomic E-state index is 10.9. The van der Waals surface area contributed by atoms with Crippen LogP contribution >= 0.6 is 0 Å². The highest BCUT2D eigenvalue weighted by Crippen LogP contribution is 2.04. The number of para-hydroxylation sites is 1. The van der Waals surface area contributed by atoms with E-state index in [1.807, 2.05) is 24.3 Å². The van der Waals surface area contributed by atoms with Crippen LogP contribution in [0.3, 0.4) is 0 Å². The maximum Gasteiger partial charge on any atom is 0.271 e. The summed E-state index contributed by atoms with van der Waals surface area (Å²) in [5.41, 5.74) is 0.524. The Bertz CT molecular complexity index is 468. The van der Waals surface area contributed by atoms with E-state index >= 15 is 0 Å². The third-order valence-electron chi connectivity index (χ3n) is 1.60. The molecule has 2 aromatic rings. The first-order valence-electron chi connectivity index (χ1n) is 3.57. The highest BCUT2D eigenvalue weighted by atomic mass is 16.1. The number of rotatable bonds is 0. The Balaban J connectivity index is 2.98. The maximum atomic E-state index is 10.9. The number of benzene rings is 1. The molecule has 0 aliphatic rings. The molecule has 0 fully saturated rings. The van der Waals surface area contributed by atoms with Crippen molar-refractivity contribution in [3.8, 4) is 0 Å². The third-order valence-corrected chi connectivity index (χ3v) is 1.60. The van der Waals surface area contributed by atoms with E-state index < -0.39 is 0 Å². The monoisotopic (exact) mass is 158 g/mol. The van der Waals surface area contributed by atoms with Gasteiger partial charge in [-0.15, -0.1) is 0 Å². The number of nitrogens with zero attached hydrogens (tertiary/aromatic N) is 2. The Morgan fingerprint density at radius 1 is 1.08 bits per heavy atom. The molecule has 58 valence electrons. The van der Waals surface area contributed by atoms with Crippen LogP contribution < -0.4 is 5.56 Å². The highest BCUT2D eigenvalue weighted by molar-refractivity contribution is 5.76. The summed E-state index contributed by atoms with van der Waals surface area (Å²) in [7, 11) is 0. The Labute approximate surface area is 68.7 Å². The summed E-state index contributed by atoms with van der Waals surface area (Å²) in [6, 6.07) is 8.90. The van der Waals surface area contributed by atoms with Crippen LogP contribution in [-0.4, -0.2) is 9.97 Å². The lowest BCUT2D eigenvalue weighted by atomic mass is 10.2. The predicted octanol–water partition coefficient (Wildman–Crippen LogP) is 0.990. The van der Waals surface area contributed by atoms with Crippen molar-refractivity contribution in [2.24, 2.45) is 0 Å². The molecular weight excluding hydrogens is 152 g/mol. The van der Waals surface area contributed by atoms with Crippen molar-refractivity contribution in [3.63, 3.8) is 0 Å². The SMILES string of the molecule is O=c1cc2ccccc2ncn1. The minimum Gasteiger partial charge on any atom is -0.267 e. The van der Waals surface area contributed by atoms with Crippen molar-refractivity contribution in [2.45, 2.75) is 0 Å². The molecule has 1 aromatic heterocycles. The van der Waals surface area contributed by atoms with E-state index in [-0.39, 0.29) is 5.56 Å². The lowest BCUT2D eigenvalue weighted by Crippen LogP contribution is -1.96. The average Bonchev–Trinajstić information content (AvgIpc) is 2.25. The van der Waals surface area contributed by atoms with Gasteiger partial charge in [0.15, 0.2) is 0 Å². The normalized spacial score (nSPS) is 10.0. The molecule has 1 aromatic carbocycles. The molecule has 0 spiro atoms. The number of hydrogen-bond donors (Lipinski definition) is 0. The zero-order chi connectivity index (χ0) is 8.39. The fourth-order valence-corrected chi connectivity index (χ4v) is 1.05. The van der Waals surface area contributed by atoms with Gasteiger partial charge in [0.1, 0.15) is 6.33 Å². The van der Waals surface area contributed by atoms with Gasteiger partial charge in [0.25, 0.3) is 5.56 Å².